The maximum atomic E-state index is 12.8. The Balaban J connectivity index is 1.52. The van der Waals surface area contributed by atoms with Crippen molar-refractivity contribution >= 4 is 34.3 Å². The van der Waals surface area contributed by atoms with E-state index >= 15 is 0 Å². The maximum absolute atomic E-state index is 12.8. The van der Waals surface area contributed by atoms with Crippen molar-refractivity contribution in [3.05, 3.63) is 68.5 Å². The summed E-state index contributed by atoms with van der Waals surface area (Å²) in [4.78, 5) is 17.8. The van der Waals surface area contributed by atoms with Gasteiger partial charge in [-0.3, -0.25) is 9.69 Å². The van der Waals surface area contributed by atoms with Gasteiger partial charge in [0.2, 0.25) is 5.91 Å². The normalized spacial score (nSPS) is 16.7. The van der Waals surface area contributed by atoms with Gasteiger partial charge in [0.05, 0.1) is 24.9 Å². The molecular weight excluding hydrogens is 376 g/mol. The number of amides is 1. The summed E-state index contributed by atoms with van der Waals surface area (Å²) in [6.07, 6.45) is 0.998. The van der Waals surface area contributed by atoms with Crippen LogP contribution in [0.1, 0.15) is 28.3 Å². The number of anilines is 1. The van der Waals surface area contributed by atoms with Crippen molar-refractivity contribution in [2.45, 2.75) is 19.4 Å². The van der Waals surface area contributed by atoms with Gasteiger partial charge in [-0.25, -0.2) is 0 Å². The van der Waals surface area contributed by atoms with Crippen LogP contribution in [0.4, 0.5) is 5.69 Å². The smallest absolute Gasteiger partial charge is 0.238 e. The molecule has 1 aliphatic heterocycles. The summed E-state index contributed by atoms with van der Waals surface area (Å²) < 4.78 is 5.62. The third-order valence-corrected chi connectivity index (χ3v) is 6.61. The van der Waals surface area contributed by atoms with Crippen LogP contribution in [0, 0.1) is 0 Å². The van der Waals surface area contributed by atoms with Crippen molar-refractivity contribution in [2.75, 3.05) is 25.0 Å². The van der Waals surface area contributed by atoms with E-state index in [4.69, 9.17) is 4.74 Å². The Kier molecular flexibility index (Phi) is 5.57. The first kappa shape index (κ1) is 18.2. The Bertz CT molecular complexity index is 905. The van der Waals surface area contributed by atoms with Crippen molar-refractivity contribution < 1.29 is 9.53 Å². The fraction of sp³-hybridized carbons (Fsp3) is 0.286. The molecule has 0 fully saturated rings. The number of carbonyl (C=O) groups excluding carboxylic acids is 1. The summed E-state index contributed by atoms with van der Waals surface area (Å²) in [6, 6.07) is 14.2. The summed E-state index contributed by atoms with van der Waals surface area (Å²) in [6.45, 7) is 3.76. The summed E-state index contributed by atoms with van der Waals surface area (Å²) in [7, 11) is 0. The molecule has 3 heterocycles. The molecule has 0 saturated heterocycles. The molecule has 4 nitrogen and oxygen atoms in total. The molecule has 3 aromatic rings. The van der Waals surface area contributed by atoms with Gasteiger partial charge in [-0.1, -0.05) is 18.2 Å². The van der Waals surface area contributed by atoms with Gasteiger partial charge in [0.1, 0.15) is 5.75 Å². The number of fused-ring (bicyclic) bond motifs is 1. The Labute approximate surface area is 167 Å². The zero-order chi connectivity index (χ0) is 18.6. The molecule has 0 radical (unpaired) electrons. The molecule has 0 spiro atoms. The molecule has 1 amide bonds. The number of hydrogen-bond donors (Lipinski definition) is 1. The van der Waals surface area contributed by atoms with Crippen molar-refractivity contribution in [1.29, 1.82) is 0 Å². The van der Waals surface area contributed by atoms with Crippen molar-refractivity contribution in [2.24, 2.45) is 0 Å². The minimum absolute atomic E-state index is 0.0117. The lowest BCUT2D eigenvalue weighted by Crippen LogP contribution is -2.40. The number of benzene rings is 1. The summed E-state index contributed by atoms with van der Waals surface area (Å²) in [5, 5.41) is 7.29. The van der Waals surface area contributed by atoms with Crippen molar-refractivity contribution in [3.63, 3.8) is 0 Å². The van der Waals surface area contributed by atoms with E-state index < -0.39 is 0 Å². The monoisotopic (exact) mass is 398 g/mol. The van der Waals surface area contributed by atoms with Gasteiger partial charge >= 0.3 is 0 Å². The second kappa shape index (κ2) is 8.25. The van der Waals surface area contributed by atoms with Crippen LogP contribution in [0.5, 0.6) is 5.75 Å². The fourth-order valence-corrected chi connectivity index (χ4v) is 5.32. The van der Waals surface area contributed by atoms with Gasteiger partial charge in [-0.15, -0.1) is 22.7 Å². The second-order valence-corrected chi connectivity index (χ2v) is 8.39. The first-order valence-electron chi connectivity index (χ1n) is 9.11. The largest absolute Gasteiger partial charge is 0.492 e. The molecule has 1 aliphatic rings. The van der Waals surface area contributed by atoms with Crippen molar-refractivity contribution in [1.82, 2.24) is 4.90 Å². The predicted molar refractivity (Wildman–Crippen MR) is 112 cm³/mol. The average Bonchev–Trinajstić information content (AvgIpc) is 3.35. The maximum Gasteiger partial charge on any atom is 0.238 e. The van der Waals surface area contributed by atoms with Crippen LogP contribution in [0.3, 0.4) is 0 Å². The molecule has 0 saturated carbocycles. The molecule has 27 heavy (non-hydrogen) atoms. The van der Waals surface area contributed by atoms with E-state index in [1.165, 1.54) is 15.3 Å². The van der Waals surface area contributed by atoms with E-state index in [2.05, 4.69) is 39.2 Å². The summed E-state index contributed by atoms with van der Waals surface area (Å²) >= 11 is 3.57. The Morgan fingerprint density at radius 3 is 2.89 bits per heavy atom. The molecule has 6 heteroatoms. The lowest BCUT2D eigenvalue weighted by molar-refractivity contribution is -0.117. The molecule has 4 rings (SSSR count). The molecular formula is C21H22N2O2S2. The minimum atomic E-state index is -0.0117. The van der Waals surface area contributed by atoms with Crippen LogP contribution in [-0.2, 0) is 11.2 Å². The van der Waals surface area contributed by atoms with Crippen LogP contribution in [0.25, 0.3) is 0 Å². The van der Waals surface area contributed by atoms with Gasteiger partial charge in [0, 0.05) is 16.3 Å². The minimum Gasteiger partial charge on any atom is -0.492 e. The number of hydrogen-bond acceptors (Lipinski definition) is 5. The predicted octanol–water partition coefficient (Wildman–Crippen LogP) is 4.79. The highest BCUT2D eigenvalue weighted by Crippen LogP contribution is 2.39. The summed E-state index contributed by atoms with van der Waals surface area (Å²) in [5.41, 5.74) is 2.07. The van der Waals surface area contributed by atoms with Gasteiger partial charge in [0.25, 0.3) is 0 Å². The highest BCUT2D eigenvalue weighted by atomic mass is 32.1. The molecule has 1 N–H and O–H groups in total. The molecule has 0 unspecified atom stereocenters. The topological polar surface area (TPSA) is 41.6 Å². The molecule has 0 bridgehead atoms. The average molecular weight is 399 g/mol. The highest BCUT2D eigenvalue weighted by molar-refractivity contribution is 7.10. The SMILES string of the molecule is CCOc1ccccc1NC(=O)CN1CCc2sccc2[C@@H]1c1cccs1. The zero-order valence-corrected chi connectivity index (χ0v) is 16.8. The number of para-hydroxylation sites is 2. The number of nitrogens with zero attached hydrogens (tertiary/aromatic N) is 1. The summed E-state index contributed by atoms with van der Waals surface area (Å²) in [5.74, 6) is 0.698. The molecule has 140 valence electrons. The molecule has 1 aromatic carbocycles. The zero-order valence-electron chi connectivity index (χ0n) is 15.2. The van der Waals surface area contributed by atoms with E-state index in [-0.39, 0.29) is 11.9 Å². The van der Waals surface area contributed by atoms with Crippen molar-refractivity contribution in [3.8, 4) is 5.75 Å². The lowest BCUT2D eigenvalue weighted by Gasteiger charge is -2.34. The van der Waals surface area contributed by atoms with Crippen LogP contribution in [0.15, 0.2) is 53.2 Å². The van der Waals surface area contributed by atoms with Crippen LogP contribution >= 0.6 is 22.7 Å². The van der Waals surface area contributed by atoms with Crippen LogP contribution in [-0.4, -0.2) is 30.5 Å². The van der Waals surface area contributed by atoms with E-state index in [1.54, 1.807) is 11.3 Å². The molecule has 2 aromatic heterocycles. The Hall–Kier alpha value is -2.15. The van der Waals surface area contributed by atoms with E-state index in [1.807, 2.05) is 42.5 Å². The number of thiophene rings is 2. The van der Waals surface area contributed by atoms with E-state index in [0.29, 0.717) is 18.9 Å². The van der Waals surface area contributed by atoms with E-state index in [9.17, 15) is 4.79 Å². The Morgan fingerprint density at radius 1 is 1.19 bits per heavy atom. The molecule has 1 atom stereocenters. The fourth-order valence-electron chi connectivity index (χ4n) is 3.54. The van der Waals surface area contributed by atoms with Gasteiger partial charge in [-0.05, 0) is 53.9 Å². The van der Waals surface area contributed by atoms with Crippen LogP contribution < -0.4 is 10.1 Å². The number of nitrogens with one attached hydrogen (secondary N) is 1. The first-order valence-corrected chi connectivity index (χ1v) is 10.9. The quantitative estimate of drug-likeness (QED) is 0.649. The van der Waals surface area contributed by atoms with Gasteiger partial charge in [0.15, 0.2) is 0 Å². The third-order valence-electron chi connectivity index (χ3n) is 4.69. The highest BCUT2D eigenvalue weighted by Gasteiger charge is 2.31. The van der Waals surface area contributed by atoms with Gasteiger partial charge in [-0.2, -0.15) is 0 Å². The number of carbonyl (C=O) groups is 1. The van der Waals surface area contributed by atoms with Gasteiger partial charge < -0.3 is 10.1 Å². The number of rotatable bonds is 6. The van der Waals surface area contributed by atoms with E-state index in [0.717, 1.165) is 18.7 Å². The standard InChI is InChI=1S/C21H22N2O2S2/c1-2-25-17-7-4-3-6-16(17)22-20(24)14-23-11-9-18-15(10-13-27-18)21(23)19-8-5-12-26-19/h3-8,10,12-13,21H,2,9,11,14H2,1H3,(H,22,24)/t21-/m1/s1. The first-order chi connectivity index (χ1) is 13.3. The van der Waals surface area contributed by atoms with Crippen LogP contribution in [0.2, 0.25) is 0 Å². The lowest BCUT2D eigenvalue weighted by atomic mass is 9.98. The second-order valence-electron chi connectivity index (χ2n) is 6.41. The number of ether oxygens (including phenoxy) is 1. The third kappa shape index (κ3) is 3.93. The molecule has 0 aliphatic carbocycles. The Morgan fingerprint density at radius 2 is 2.07 bits per heavy atom.